The summed E-state index contributed by atoms with van der Waals surface area (Å²) in [5.41, 5.74) is 7.97. The average molecular weight is 410 g/mol. The Labute approximate surface area is 160 Å². The van der Waals surface area contributed by atoms with Crippen LogP contribution < -0.4 is 5.43 Å². The number of aromatic nitrogens is 1. The van der Waals surface area contributed by atoms with Crippen molar-refractivity contribution in [2.75, 3.05) is 0 Å². The molecule has 5 heteroatoms. The number of amides is 1. The summed E-state index contributed by atoms with van der Waals surface area (Å²) in [6.45, 7) is 2.29. The maximum Gasteiger partial charge on any atom is 0.271 e. The van der Waals surface area contributed by atoms with E-state index < -0.39 is 0 Å². The van der Waals surface area contributed by atoms with Crippen molar-refractivity contribution in [3.63, 3.8) is 0 Å². The Bertz CT molecular complexity index is 1010. The molecule has 1 aliphatic carbocycles. The molecule has 2 N–H and O–H groups in total. The number of halogens is 1. The van der Waals surface area contributed by atoms with Crippen molar-refractivity contribution in [2.24, 2.45) is 11.0 Å². The second kappa shape index (κ2) is 7.08. The van der Waals surface area contributed by atoms with Crippen LogP contribution in [0.1, 0.15) is 40.5 Å². The Kier molecular flexibility index (Phi) is 4.64. The second-order valence-electron chi connectivity index (χ2n) is 6.94. The van der Waals surface area contributed by atoms with Gasteiger partial charge in [-0.05, 0) is 66.6 Å². The van der Waals surface area contributed by atoms with Crippen LogP contribution in [0.3, 0.4) is 0 Å². The van der Waals surface area contributed by atoms with E-state index in [1.807, 2.05) is 42.5 Å². The molecule has 4 rings (SSSR count). The number of hydrogen-bond acceptors (Lipinski definition) is 2. The Morgan fingerprint density at radius 3 is 3.04 bits per heavy atom. The lowest BCUT2D eigenvalue weighted by atomic mass is 9.87. The van der Waals surface area contributed by atoms with Gasteiger partial charge in [0.2, 0.25) is 0 Å². The summed E-state index contributed by atoms with van der Waals surface area (Å²) in [4.78, 5) is 16.0. The summed E-state index contributed by atoms with van der Waals surface area (Å²) in [6.07, 6.45) is 5.02. The molecule has 26 heavy (non-hydrogen) atoms. The second-order valence-corrected chi connectivity index (χ2v) is 7.86. The molecule has 0 fully saturated rings. The quantitative estimate of drug-likeness (QED) is 0.472. The van der Waals surface area contributed by atoms with Crippen LogP contribution in [-0.2, 0) is 12.8 Å². The topological polar surface area (TPSA) is 57.2 Å². The zero-order valence-corrected chi connectivity index (χ0v) is 16.1. The number of carbonyl (C=O) groups is 1. The minimum atomic E-state index is -0.197. The number of benzene rings is 2. The SMILES string of the molecule is CC1CCc2[nH]c3ccc(C(=O)N/N=C\c4cccc(Br)c4)cc3c2C1. The number of aryl methyl sites for hydroxylation is 1. The number of aromatic amines is 1. The maximum absolute atomic E-state index is 12.5. The van der Waals surface area contributed by atoms with Gasteiger partial charge in [0.15, 0.2) is 0 Å². The number of hydrogen-bond donors (Lipinski definition) is 2. The molecule has 1 aliphatic rings. The van der Waals surface area contributed by atoms with E-state index in [1.54, 1.807) is 6.21 Å². The van der Waals surface area contributed by atoms with E-state index in [-0.39, 0.29) is 5.91 Å². The fourth-order valence-corrected chi connectivity index (χ4v) is 3.97. The molecule has 1 heterocycles. The minimum absolute atomic E-state index is 0.197. The van der Waals surface area contributed by atoms with E-state index >= 15 is 0 Å². The third kappa shape index (κ3) is 3.44. The molecule has 1 unspecified atom stereocenters. The smallest absolute Gasteiger partial charge is 0.271 e. The highest BCUT2D eigenvalue weighted by Gasteiger charge is 2.20. The number of fused-ring (bicyclic) bond motifs is 3. The van der Waals surface area contributed by atoms with Gasteiger partial charge < -0.3 is 4.98 Å². The largest absolute Gasteiger partial charge is 0.358 e. The molecular formula is C21H20BrN3O. The summed E-state index contributed by atoms with van der Waals surface area (Å²) in [5.74, 6) is 0.491. The van der Waals surface area contributed by atoms with Gasteiger partial charge in [0.05, 0.1) is 6.21 Å². The molecule has 3 aromatic rings. The van der Waals surface area contributed by atoms with Crippen LogP contribution in [0.4, 0.5) is 0 Å². The predicted octanol–water partition coefficient (Wildman–Crippen LogP) is 4.82. The number of hydrazone groups is 1. The molecule has 1 atom stereocenters. The molecule has 132 valence electrons. The standard InChI is InChI=1S/C21H20BrN3O/c1-13-5-7-19-17(9-13)18-11-15(6-8-20(18)24-19)21(26)25-23-12-14-3-2-4-16(22)10-14/h2-4,6,8,10-13,24H,5,7,9H2,1H3,(H,25,26)/b23-12-. The van der Waals surface area contributed by atoms with Crippen LogP contribution in [0.15, 0.2) is 52.0 Å². The highest BCUT2D eigenvalue weighted by molar-refractivity contribution is 9.10. The minimum Gasteiger partial charge on any atom is -0.358 e. The molecule has 0 radical (unpaired) electrons. The van der Waals surface area contributed by atoms with E-state index in [9.17, 15) is 4.79 Å². The summed E-state index contributed by atoms with van der Waals surface area (Å²) < 4.78 is 0.977. The zero-order valence-electron chi connectivity index (χ0n) is 14.6. The van der Waals surface area contributed by atoms with Crippen molar-refractivity contribution in [3.05, 3.63) is 69.3 Å². The van der Waals surface area contributed by atoms with Gasteiger partial charge in [-0.2, -0.15) is 5.10 Å². The Hall–Kier alpha value is -2.40. The van der Waals surface area contributed by atoms with Gasteiger partial charge in [-0.25, -0.2) is 5.43 Å². The molecule has 0 saturated carbocycles. The maximum atomic E-state index is 12.5. The highest BCUT2D eigenvalue weighted by Crippen LogP contribution is 2.32. The van der Waals surface area contributed by atoms with Crippen LogP contribution in [0, 0.1) is 5.92 Å². The highest BCUT2D eigenvalue weighted by atomic mass is 79.9. The van der Waals surface area contributed by atoms with Gasteiger partial charge in [-0.3, -0.25) is 4.79 Å². The number of rotatable bonds is 3. The Morgan fingerprint density at radius 2 is 2.19 bits per heavy atom. The monoisotopic (exact) mass is 409 g/mol. The van der Waals surface area contributed by atoms with E-state index in [4.69, 9.17) is 0 Å². The molecule has 0 saturated heterocycles. The average Bonchev–Trinajstić information content (AvgIpc) is 2.99. The third-order valence-corrected chi connectivity index (χ3v) is 5.42. The predicted molar refractivity (Wildman–Crippen MR) is 109 cm³/mol. The van der Waals surface area contributed by atoms with Gasteiger partial charge in [0.1, 0.15) is 0 Å². The van der Waals surface area contributed by atoms with E-state index in [0.717, 1.165) is 33.8 Å². The lowest BCUT2D eigenvalue weighted by molar-refractivity contribution is 0.0955. The summed E-state index contributed by atoms with van der Waals surface area (Å²) in [7, 11) is 0. The molecular weight excluding hydrogens is 390 g/mol. The third-order valence-electron chi connectivity index (χ3n) is 4.92. The molecule has 0 aliphatic heterocycles. The normalized spacial score (nSPS) is 16.8. The molecule has 2 aromatic carbocycles. The first-order chi connectivity index (χ1) is 12.6. The van der Waals surface area contributed by atoms with Crippen LogP contribution in [-0.4, -0.2) is 17.1 Å². The van der Waals surface area contributed by atoms with Gasteiger partial charge in [-0.1, -0.05) is 35.0 Å². The number of nitrogens with one attached hydrogen (secondary N) is 2. The molecule has 4 nitrogen and oxygen atoms in total. The van der Waals surface area contributed by atoms with Crippen LogP contribution >= 0.6 is 15.9 Å². The van der Waals surface area contributed by atoms with Crippen molar-refractivity contribution in [1.29, 1.82) is 0 Å². The van der Waals surface area contributed by atoms with Gasteiger partial charge in [-0.15, -0.1) is 0 Å². The van der Waals surface area contributed by atoms with Crippen molar-refractivity contribution < 1.29 is 4.79 Å². The fraction of sp³-hybridized carbons (Fsp3) is 0.238. The molecule has 1 amide bonds. The van der Waals surface area contributed by atoms with E-state index in [2.05, 4.69) is 38.4 Å². The number of carbonyl (C=O) groups excluding carboxylic acids is 1. The first-order valence-corrected chi connectivity index (χ1v) is 9.62. The van der Waals surface area contributed by atoms with Crippen molar-refractivity contribution in [2.45, 2.75) is 26.2 Å². The van der Waals surface area contributed by atoms with Gasteiger partial charge in [0.25, 0.3) is 5.91 Å². The van der Waals surface area contributed by atoms with Crippen LogP contribution in [0.2, 0.25) is 0 Å². The first-order valence-electron chi connectivity index (χ1n) is 8.82. The lowest BCUT2D eigenvalue weighted by Crippen LogP contribution is -2.17. The van der Waals surface area contributed by atoms with Crippen molar-refractivity contribution in [3.8, 4) is 0 Å². The molecule has 0 spiro atoms. The summed E-state index contributed by atoms with van der Waals surface area (Å²) >= 11 is 3.42. The zero-order chi connectivity index (χ0) is 18.1. The lowest BCUT2D eigenvalue weighted by Gasteiger charge is -2.18. The van der Waals surface area contributed by atoms with E-state index in [0.29, 0.717) is 11.5 Å². The summed E-state index contributed by atoms with van der Waals surface area (Å²) in [6, 6.07) is 13.6. The van der Waals surface area contributed by atoms with Crippen LogP contribution in [0.5, 0.6) is 0 Å². The molecule has 1 aromatic heterocycles. The van der Waals surface area contributed by atoms with Crippen LogP contribution in [0.25, 0.3) is 10.9 Å². The van der Waals surface area contributed by atoms with E-state index in [1.165, 1.54) is 17.7 Å². The number of H-pyrrole nitrogens is 1. The Morgan fingerprint density at radius 1 is 1.31 bits per heavy atom. The Balaban J connectivity index is 1.54. The fourth-order valence-electron chi connectivity index (χ4n) is 3.55. The first kappa shape index (κ1) is 17.0. The van der Waals surface area contributed by atoms with Gasteiger partial charge >= 0.3 is 0 Å². The van der Waals surface area contributed by atoms with Crippen molar-refractivity contribution >= 4 is 39.0 Å². The van der Waals surface area contributed by atoms with Crippen molar-refractivity contribution in [1.82, 2.24) is 10.4 Å². The molecule has 0 bridgehead atoms. The summed E-state index contributed by atoms with van der Waals surface area (Å²) in [5, 5.41) is 5.24. The van der Waals surface area contributed by atoms with Gasteiger partial charge in [0, 0.05) is 26.6 Å². The number of nitrogens with zero attached hydrogens (tertiary/aromatic N) is 1.